The zero-order chi connectivity index (χ0) is 20.7. The van der Waals surface area contributed by atoms with Crippen LogP contribution < -0.4 is 5.32 Å². The third kappa shape index (κ3) is 6.11. The molecule has 2 rings (SSSR count). The van der Waals surface area contributed by atoms with E-state index in [9.17, 15) is 27.6 Å². The quantitative estimate of drug-likeness (QED) is 0.760. The van der Waals surface area contributed by atoms with E-state index < -0.39 is 42.6 Å². The van der Waals surface area contributed by atoms with Crippen LogP contribution in [0.2, 0.25) is 0 Å². The molecule has 0 atom stereocenters. The Hall–Kier alpha value is -3.36. The largest absolute Gasteiger partial charge is 0.465 e. The molecule has 0 unspecified atom stereocenters. The van der Waals surface area contributed by atoms with Gasteiger partial charge in [0.25, 0.3) is 5.91 Å². The fourth-order valence-corrected chi connectivity index (χ4v) is 2.23. The Bertz CT molecular complexity index is 863. The van der Waals surface area contributed by atoms with E-state index in [0.29, 0.717) is 11.3 Å². The van der Waals surface area contributed by atoms with Crippen LogP contribution >= 0.6 is 0 Å². The van der Waals surface area contributed by atoms with Crippen molar-refractivity contribution in [3.05, 3.63) is 65.2 Å². The lowest BCUT2D eigenvalue weighted by atomic mass is 10.1. The van der Waals surface area contributed by atoms with Gasteiger partial charge in [-0.25, -0.2) is 4.79 Å². The van der Waals surface area contributed by atoms with Crippen molar-refractivity contribution >= 4 is 23.5 Å². The minimum absolute atomic E-state index is 0.124. The first-order valence-electron chi connectivity index (χ1n) is 7.99. The number of benzene rings is 2. The summed E-state index contributed by atoms with van der Waals surface area (Å²) in [6.07, 6.45) is -4.91. The smallest absolute Gasteiger partial charge is 0.416 e. The summed E-state index contributed by atoms with van der Waals surface area (Å²) in [6.45, 7) is -0.601. The van der Waals surface area contributed by atoms with E-state index in [1.807, 2.05) is 0 Å². The zero-order valence-electron chi connectivity index (χ0n) is 14.7. The Labute approximate surface area is 158 Å². The molecule has 0 aliphatic heterocycles. The van der Waals surface area contributed by atoms with E-state index >= 15 is 0 Å². The first-order chi connectivity index (χ1) is 13.2. The molecule has 0 fully saturated rings. The lowest BCUT2D eigenvalue weighted by Gasteiger charge is -2.09. The summed E-state index contributed by atoms with van der Waals surface area (Å²) >= 11 is 0. The number of rotatable bonds is 6. The molecule has 0 aliphatic carbocycles. The van der Waals surface area contributed by atoms with Crippen molar-refractivity contribution in [2.24, 2.45) is 0 Å². The molecule has 2 aromatic rings. The number of hydrogen-bond acceptors (Lipinski definition) is 5. The fourth-order valence-electron chi connectivity index (χ4n) is 2.23. The number of methoxy groups -OCH3 is 1. The number of nitrogens with one attached hydrogen (secondary N) is 1. The van der Waals surface area contributed by atoms with Gasteiger partial charge in [0.2, 0.25) is 0 Å². The lowest BCUT2D eigenvalue weighted by molar-refractivity contribution is -0.146. The normalized spacial score (nSPS) is 10.9. The summed E-state index contributed by atoms with van der Waals surface area (Å²) in [6, 6.07) is 10.1. The Morgan fingerprint density at radius 2 is 1.71 bits per heavy atom. The topological polar surface area (TPSA) is 81.7 Å². The molecule has 0 bridgehead atoms. The van der Waals surface area contributed by atoms with Crippen LogP contribution in [0.15, 0.2) is 48.5 Å². The molecule has 1 N–H and O–H groups in total. The summed E-state index contributed by atoms with van der Waals surface area (Å²) < 4.78 is 47.3. The number of alkyl halides is 3. The Kier molecular flexibility index (Phi) is 6.75. The van der Waals surface area contributed by atoms with Crippen LogP contribution in [0.5, 0.6) is 0 Å². The molecule has 0 radical (unpaired) electrons. The maximum atomic E-state index is 12.7. The molecule has 148 valence electrons. The minimum Gasteiger partial charge on any atom is -0.465 e. The van der Waals surface area contributed by atoms with Crippen LogP contribution in [-0.4, -0.2) is 31.6 Å². The van der Waals surface area contributed by atoms with E-state index in [-0.39, 0.29) is 5.56 Å². The molecule has 0 aromatic heterocycles. The second-order valence-corrected chi connectivity index (χ2v) is 5.65. The molecule has 0 aliphatic rings. The number of hydrogen-bond donors (Lipinski definition) is 1. The van der Waals surface area contributed by atoms with Crippen LogP contribution in [0.1, 0.15) is 21.5 Å². The average Bonchev–Trinajstić information content (AvgIpc) is 2.66. The van der Waals surface area contributed by atoms with Gasteiger partial charge in [0.1, 0.15) is 0 Å². The highest BCUT2D eigenvalue weighted by Crippen LogP contribution is 2.29. The van der Waals surface area contributed by atoms with Crippen molar-refractivity contribution in [1.29, 1.82) is 0 Å². The molecular weight excluding hydrogens is 379 g/mol. The standard InChI is InChI=1S/C19H16F3NO5/c1-27-18(26)13-5-7-15(8-6-13)23-16(24)11-28-17(25)10-12-3-2-4-14(9-12)19(20,21)22/h2-9H,10-11H2,1H3,(H,23,24). The number of carbonyl (C=O) groups is 3. The number of amides is 1. The average molecular weight is 395 g/mol. The van der Waals surface area contributed by atoms with Crippen LogP contribution in [-0.2, 0) is 31.7 Å². The minimum atomic E-state index is -4.51. The molecular formula is C19H16F3NO5. The number of ether oxygens (including phenoxy) is 2. The highest BCUT2D eigenvalue weighted by Gasteiger charge is 2.30. The number of anilines is 1. The van der Waals surface area contributed by atoms with Crippen molar-refractivity contribution in [3.63, 3.8) is 0 Å². The fraction of sp³-hybridized carbons (Fsp3) is 0.211. The van der Waals surface area contributed by atoms with Gasteiger partial charge in [-0.05, 0) is 35.9 Å². The van der Waals surface area contributed by atoms with Gasteiger partial charge >= 0.3 is 18.1 Å². The van der Waals surface area contributed by atoms with Gasteiger partial charge in [0, 0.05) is 5.69 Å². The van der Waals surface area contributed by atoms with E-state index in [4.69, 9.17) is 4.74 Å². The van der Waals surface area contributed by atoms with Crippen LogP contribution in [0.25, 0.3) is 0 Å². The molecule has 0 saturated carbocycles. The van der Waals surface area contributed by atoms with Gasteiger partial charge < -0.3 is 14.8 Å². The van der Waals surface area contributed by atoms with Gasteiger partial charge in [-0.2, -0.15) is 13.2 Å². The molecule has 6 nitrogen and oxygen atoms in total. The molecule has 28 heavy (non-hydrogen) atoms. The van der Waals surface area contributed by atoms with E-state index in [0.717, 1.165) is 12.1 Å². The molecule has 0 spiro atoms. The predicted octanol–water partition coefficient (Wildman–Crippen LogP) is 3.22. The molecule has 0 heterocycles. The van der Waals surface area contributed by atoms with E-state index in [1.165, 1.54) is 43.5 Å². The highest BCUT2D eigenvalue weighted by molar-refractivity contribution is 5.94. The summed E-state index contributed by atoms with van der Waals surface area (Å²) in [4.78, 5) is 34.9. The van der Waals surface area contributed by atoms with Crippen molar-refractivity contribution < 1.29 is 37.0 Å². The molecule has 9 heteroatoms. The number of halogens is 3. The van der Waals surface area contributed by atoms with Crippen molar-refractivity contribution in [3.8, 4) is 0 Å². The Morgan fingerprint density at radius 3 is 2.32 bits per heavy atom. The highest BCUT2D eigenvalue weighted by atomic mass is 19.4. The third-order valence-electron chi connectivity index (χ3n) is 3.56. The SMILES string of the molecule is COC(=O)c1ccc(NC(=O)COC(=O)Cc2cccc(C(F)(F)F)c2)cc1. The van der Waals surface area contributed by atoms with Crippen LogP contribution in [0.4, 0.5) is 18.9 Å². The van der Waals surface area contributed by atoms with Gasteiger partial charge in [0.05, 0.1) is 24.7 Å². The Balaban J connectivity index is 1.84. The maximum Gasteiger partial charge on any atom is 0.416 e. The predicted molar refractivity (Wildman–Crippen MR) is 92.5 cm³/mol. The third-order valence-corrected chi connectivity index (χ3v) is 3.56. The summed E-state index contributed by atoms with van der Waals surface area (Å²) in [5.41, 5.74) is -0.0795. The Morgan fingerprint density at radius 1 is 1.04 bits per heavy atom. The van der Waals surface area contributed by atoms with Crippen LogP contribution in [0.3, 0.4) is 0 Å². The second kappa shape index (κ2) is 9.03. The first-order valence-corrected chi connectivity index (χ1v) is 7.99. The molecule has 2 aromatic carbocycles. The number of esters is 2. The van der Waals surface area contributed by atoms with Gasteiger partial charge in [-0.15, -0.1) is 0 Å². The van der Waals surface area contributed by atoms with Crippen molar-refractivity contribution in [2.45, 2.75) is 12.6 Å². The molecule has 0 saturated heterocycles. The monoisotopic (exact) mass is 395 g/mol. The van der Waals surface area contributed by atoms with E-state index in [2.05, 4.69) is 10.1 Å². The second-order valence-electron chi connectivity index (χ2n) is 5.65. The van der Waals surface area contributed by atoms with Gasteiger partial charge in [-0.1, -0.05) is 18.2 Å². The van der Waals surface area contributed by atoms with Crippen LogP contribution in [0, 0.1) is 0 Å². The van der Waals surface area contributed by atoms with Crippen molar-refractivity contribution in [2.75, 3.05) is 19.0 Å². The molecule has 1 amide bonds. The first kappa shape index (κ1) is 20.9. The number of carbonyl (C=O) groups excluding carboxylic acids is 3. The zero-order valence-corrected chi connectivity index (χ0v) is 14.7. The summed E-state index contributed by atoms with van der Waals surface area (Å²) in [5.74, 6) is -2.00. The lowest BCUT2D eigenvalue weighted by Crippen LogP contribution is -2.21. The van der Waals surface area contributed by atoms with E-state index in [1.54, 1.807) is 0 Å². The maximum absolute atomic E-state index is 12.7. The van der Waals surface area contributed by atoms with Gasteiger partial charge in [-0.3, -0.25) is 9.59 Å². The summed E-state index contributed by atoms with van der Waals surface area (Å²) in [5, 5.41) is 2.46. The van der Waals surface area contributed by atoms with Gasteiger partial charge in [0.15, 0.2) is 6.61 Å². The van der Waals surface area contributed by atoms with Crippen molar-refractivity contribution in [1.82, 2.24) is 0 Å². The summed E-state index contributed by atoms with van der Waals surface area (Å²) in [7, 11) is 1.24.